The van der Waals surface area contributed by atoms with Crippen molar-refractivity contribution in [1.29, 1.82) is 0 Å². The van der Waals surface area contributed by atoms with E-state index in [2.05, 4.69) is 79.3 Å². The Bertz CT molecular complexity index is 3900. The molecule has 10 rings (SSSR count). The third-order valence-electron chi connectivity index (χ3n) is 17.2. The standard InChI is InChI=1S/C19H25BrClN3O3.C18H25BrClN3O4.C18H23BrClN3O3.C11H22N2O3.C7H5BrClNO2.CH4/c1-19(2,3)27-18(26)23-7-8-24-12(11-23)5-6-22(4)16-10-14(20)15(21)9-13(16)17(24)25;1-18(2,3)27-17(26)22-5-6-23(11(10-22)4-7-24)16(25)12-8-14(20)13(19)9-15(12)21;1-18(2,3)26-17(25)22-6-7-23-11(10-22)4-5-21-15-9-13(19)14(20)8-12(15)16(23)24;1-11(2,3)16-10(15)13-6-5-12-9(8-13)4-7-14;8-4-2-6(10)3(7(11)12)1-5(4)9;/h9-10,12H,5-8,11H2,1-4H3;8-9,11,24H,4-7,10,21H2,1-3H3;8-9,11,21H,4-7,10H2,1-3H3;9,12,14H,4-8H2,1-3H3;1-2H,10H2,(H,11,12);1H4/t12-;2*11-;9-;;/m0000../s1. The van der Waals surface area contributed by atoms with Crippen LogP contribution in [-0.2, 0) is 18.9 Å². The monoisotopic (exact) mass is 1860 g/mol. The molecule has 606 valence electrons. The molecule has 7 amide bonds. The van der Waals surface area contributed by atoms with Crippen LogP contribution in [0, 0.1) is 0 Å². The number of halogens is 8. The Balaban J connectivity index is 0.000000250. The highest BCUT2D eigenvalue weighted by Crippen LogP contribution is 2.37. The third-order valence-corrected chi connectivity index (χ3v) is 22.0. The largest absolute Gasteiger partial charge is 0.478 e. The van der Waals surface area contributed by atoms with E-state index in [1.165, 1.54) is 18.2 Å². The maximum atomic E-state index is 13.2. The number of ether oxygens (including phenoxy) is 4. The van der Waals surface area contributed by atoms with Crippen LogP contribution in [0.5, 0.6) is 0 Å². The Hall–Kier alpha value is -6.00. The molecule has 4 fully saturated rings. The Morgan fingerprint density at radius 3 is 1.39 bits per heavy atom. The molecule has 0 unspecified atom stereocenters. The molecule has 6 aliphatic heterocycles. The first-order valence-electron chi connectivity index (χ1n) is 35.1. The summed E-state index contributed by atoms with van der Waals surface area (Å²) in [7, 11) is 1.97. The number of aromatic carboxylic acids is 1. The molecule has 6 aliphatic rings. The lowest BCUT2D eigenvalue weighted by Gasteiger charge is -2.44. The number of benzene rings is 4. The van der Waals surface area contributed by atoms with E-state index in [1.807, 2.05) is 91.3 Å². The first kappa shape index (κ1) is 93.6. The van der Waals surface area contributed by atoms with E-state index in [4.69, 9.17) is 87.0 Å². The summed E-state index contributed by atoms with van der Waals surface area (Å²) < 4.78 is 24.4. The van der Waals surface area contributed by atoms with Crippen LogP contribution < -0.4 is 27.0 Å². The number of aliphatic hydroxyl groups is 2. The molecule has 4 aromatic carbocycles. The molecular formula is C74H104Br4Cl4N12O15. The molecule has 9 N–H and O–H groups in total. The van der Waals surface area contributed by atoms with Gasteiger partial charge in [-0.15, -0.1) is 0 Å². The fourth-order valence-corrected chi connectivity index (χ4v) is 14.1. The molecule has 109 heavy (non-hydrogen) atoms. The van der Waals surface area contributed by atoms with E-state index in [-0.39, 0.29) is 98.6 Å². The molecule has 0 aromatic heterocycles. The van der Waals surface area contributed by atoms with Gasteiger partial charge in [0.2, 0.25) is 0 Å². The number of hydrogen-bond donors (Lipinski definition) is 7. The molecule has 0 bridgehead atoms. The molecule has 27 nitrogen and oxygen atoms in total. The summed E-state index contributed by atoms with van der Waals surface area (Å²) in [6, 6.07) is 12.8. The smallest absolute Gasteiger partial charge is 0.410 e. The lowest BCUT2D eigenvalue weighted by molar-refractivity contribution is 0.00173. The van der Waals surface area contributed by atoms with Gasteiger partial charge >= 0.3 is 30.3 Å². The van der Waals surface area contributed by atoms with Gasteiger partial charge in [0.1, 0.15) is 22.4 Å². The number of hydrogen-bond acceptors (Lipinski definition) is 19. The van der Waals surface area contributed by atoms with E-state index in [0.717, 1.165) is 46.3 Å². The van der Waals surface area contributed by atoms with Crippen molar-refractivity contribution in [2.24, 2.45) is 0 Å². The molecule has 0 saturated carbocycles. The average Bonchev–Trinajstić information content (AvgIpc) is 0.785. The zero-order chi connectivity index (χ0) is 80.8. The Kier molecular flexibility index (Phi) is 34.9. The zero-order valence-electron chi connectivity index (χ0n) is 63.1. The Morgan fingerprint density at radius 2 is 0.908 bits per heavy atom. The molecule has 4 aromatic rings. The van der Waals surface area contributed by atoms with E-state index >= 15 is 0 Å². The molecule has 6 heterocycles. The van der Waals surface area contributed by atoms with Gasteiger partial charge in [-0.3, -0.25) is 14.4 Å². The van der Waals surface area contributed by atoms with Crippen LogP contribution in [0.25, 0.3) is 0 Å². The zero-order valence-corrected chi connectivity index (χ0v) is 72.4. The van der Waals surface area contributed by atoms with Crippen LogP contribution in [0.2, 0.25) is 20.1 Å². The minimum Gasteiger partial charge on any atom is -0.478 e. The molecule has 4 saturated heterocycles. The van der Waals surface area contributed by atoms with Crippen LogP contribution in [0.3, 0.4) is 0 Å². The van der Waals surface area contributed by atoms with Gasteiger partial charge in [0, 0.05) is 153 Å². The van der Waals surface area contributed by atoms with Crippen molar-refractivity contribution < 1.29 is 72.6 Å². The topological polar surface area (TPSA) is 336 Å². The normalized spacial score (nSPS) is 18.7. The van der Waals surface area contributed by atoms with E-state index < -0.39 is 34.5 Å². The average molecular weight is 1860 g/mol. The second-order valence-corrected chi connectivity index (χ2v) is 35.4. The van der Waals surface area contributed by atoms with Crippen LogP contribution >= 0.6 is 110 Å². The van der Waals surface area contributed by atoms with Crippen molar-refractivity contribution in [3.8, 4) is 0 Å². The molecule has 35 heteroatoms. The van der Waals surface area contributed by atoms with E-state index in [1.54, 1.807) is 63.5 Å². The minimum atomic E-state index is -1.08. The summed E-state index contributed by atoms with van der Waals surface area (Å²) in [4.78, 5) is 113. The lowest BCUT2D eigenvalue weighted by Crippen LogP contribution is -2.58. The van der Waals surface area contributed by atoms with Gasteiger partial charge in [0.25, 0.3) is 17.7 Å². The number of fused-ring (bicyclic) bond motifs is 4. The van der Waals surface area contributed by atoms with Crippen molar-refractivity contribution >= 4 is 181 Å². The number of anilines is 4. The highest BCUT2D eigenvalue weighted by atomic mass is 79.9. The Morgan fingerprint density at radius 1 is 0.505 bits per heavy atom. The maximum absolute atomic E-state index is 13.2. The molecule has 0 spiro atoms. The second-order valence-electron chi connectivity index (χ2n) is 30.4. The van der Waals surface area contributed by atoms with Crippen LogP contribution in [0.1, 0.15) is 158 Å². The van der Waals surface area contributed by atoms with Gasteiger partial charge in [-0.2, -0.15) is 0 Å². The number of piperazine rings is 4. The van der Waals surface area contributed by atoms with Gasteiger partial charge < -0.3 is 95.6 Å². The summed E-state index contributed by atoms with van der Waals surface area (Å²) >= 11 is 37.5. The van der Waals surface area contributed by atoms with Crippen molar-refractivity contribution in [3.05, 3.63) is 109 Å². The summed E-state index contributed by atoms with van der Waals surface area (Å²) in [6.07, 6.45) is 1.20. The summed E-state index contributed by atoms with van der Waals surface area (Å²) in [6.45, 7) is 29.4. The van der Waals surface area contributed by atoms with E-state index in [0.29, 0.717) is 136 Å². The van der Waals surface area contributed by atoms with Crippen molar-refractivity contribution in [1.82, 2.24) is 39.6 Å². The Labute approximate surface area is 693 Å². The number of nitrogens with zero attached hydrogens (tertiary/aromatic N) is 8. The maximum Gasteiger partial charge on any atom is 0.410 e. The number of aliphatic hydroxyl groups excluding tert-OH is 2. The van der Waals surface area contributed by atoms with Crippen LogP contribution in [0.15, 0.2) is 66.4 Å². The van der Waals surface area contributed by atoms with E-state index in [9.17, 15) is 43.5 Å². The predicted molar refractivity (Wildman–Crippen MR) is 441 cm³/mol. The van der Waals surface area contributed by atoms with Gasteiger partial charge in [-0.25, -0.2) is 24.0 Å². The number of carbonyl (C=O) groups excluding carboxylic acids is 7. The first-order valence-corrected chi connectivity index (χ1v) is 39.8. The number of nitrogen functional groups attached to an aromatic ring is 2. The molecular weight excluding hydrogens is 1760 g/mol. The number of nitrogens with one attached hydrogen (secondary N) is 2. The fraction of sp³-hybridized carbons (Fsp3) is 0.568. The van der Waals surface area contributed by atoms with Crippen molar-refractivity contribution in [2.45, 2.75) is 163 Å². The fourth-order valence-electron chi connectivity index (χ4n) is 12.1. The summed E-state index contributed by atoms with van der Waals surface area (Å²) in [5.74, 6) is -1.46. The highest BCUT2D eigenvalue weighted by Gasteiger charge is 2.41. The summed E-state index contributed by atoms with van der Waals surface area (Å²) in [5, 5.41) is 35.2. The number of carboxylic acids is 1. The number of amides is 7. The van der Waals surface area contributed by atoms with Crippen LogP contribution in [0.4, 0.5) is 41.9 Å². The number of nitrogens with two attached hydrogens (primary N) is 2. The molecule has 0 aliphatic carbocycles. The molecule has 4 atom stereocenters. The second kappa shape index (κ2) is 40.6. The summed E-state index contributed by atoms with van der Waals surface area (Å²) in [5.41, 5.74) is 12.9. The van der Waals surface area contributed by atoms with Crippen molar-refractivity contribution in [2.75, 3.05) is 134 Å². The minimum absolute atomic E-state index is 0. The van der Waals surface area contributed by atoms with Crippen molar-refractivity contribution in [3.63, 3.8) is 0 Å². The highest BCUT2D eigenvalue weighted by molar-refractivity contribution is 9.11. The number of rotatable bonds is 6. The SMILES string of the molecule is C.CC(C)(C)OC(=O)N1CCN(C(=O)c2cc(Cl)c(Br)cc2N)[C@@H](CCO)C1.CC(C)(C)OC(=O)N1CCN2C(=O)c3cc(Cl)c(Br)cc3NCC[C@H]2C1.CC(C)(C)OC(=O)N1CCN[C@@H](CCO)C1.CN1CC[C@H]2CN(C(=O)OC(C)(C)C)CCN2C(=O)c2cc(Cl)c(Br)cc21.Nc1cc(Br)c(Cl)cc1C(=O)O. The quantitative estimate of drug-likeness (QED) is 0.0696. The van der Waals surface area contributed by atoms with Gasteiger partial charge in [-0.1, -0.05) is 53.8 Å². The third kappa shape index (κ3) is 27.7. The van der Waals surface area contributed by atoms with Gasteiger partial charge in [0.05, 0.1) is 66.2 Å². The number of carboxylic acid groups (broad SMARTS) is 1. The lowest BCUT2D eigenvalue weighted by atomic mass is 10.0. The number of carbonyl (C=O) groups is 8. The first-order chi connectivity index (χ1) is 50.2. The predicted octanol–water partition coefficient (Wildman–Crippen LogP) is 14.7. The van der Waals surface area contributed by atoms with Gasteiger partial charge in [-0.05, 0) is 221 Å². The van der Waals surface area contributed by atoms with Gasteiger partial charge in [0.15, 0.2) is 0 Å². The molecule has 0 radical (unpaired) electrons. The van der Waals surface area contributed by atoms with Crippen LogP contribution in [-0.4, -0.2) is 256 Å².